The number of nitrogens with one attached hydrogen (secondary N) is 1. The summed E-state index contributed by atoms with van der Waals surface area (Å²) in [6.45, 7) is 0. The summed E-state index contributed by atoms with van der Waals surface area (Å²) in [5.41, 5.74) is -0.380. The van der Waals surface area contributed by atoms with Crippen molar-refractivity contribution in [1.29, 1.82) is 0 Å². The second kappa shape index (κ2) is 7.86. The molecule has 0 saturated carbocycles. The fraction of sp³-hybridized carbons (Fsp3) is 0.350. The predicted molar refractivity (Wildman–Crippen MR) is 104 cm³/mol. The molecule has 1 N–H and O–H groups in total. The van der Waals surface area contributed by atoms with E-state index >= 15 is 0 Å². The van der Waals surface area contributed by atoms with Gasteiger partial charge < -0.3 is 10.1 Å². The molecule has 0 unspecified atom stereocenters. The molecule has 2 saturated heterocycles. The number of sulfone groups is 1. The summed E-state index contributed by atoms with van der Waals surface area (Å²) in [5.74, 6) is -5.39. The van der Waals surface area contributed by atoms with Gasteiger partial charge in [-0.2, -0.15) is 0 Å². The molecule has 10 heteroatoms. The van der Waals surface area contributed by atoms with Crippen LogP contribution in [0.2, 0.25) is 5.02 Å². The van der Waals surface area contributed by atoms with Crippen LogP contribution in [0, 0.1) is 17.5 Å². The molecule has 2 aromatic carbocycles. The molecule has 0 aromatic heterocycles. The van der Waals surface area contributed by atoms with E-state index in [0.717, 1.165) is 18.9 Å². The third-order valence-corrected chi connectivity index (χ3v) is 8.08. The molecule has 0 radical (unpaired) electrons. The summed E-state index contributed by atoms with van der Waals surface area (Å²) >= 11 is 6.13. The van der Waals surface area contributed by atoms with Crippen molar-refractivity contribution in [3.63, 3.8) is 0 Å². The average molecular weight is 460 g/mol. The average Bonchev–Trinajstić information content (AvgIpc) is 3.03. The number of carbonyl (C=O) groups excluding carboxylic acids is 1. The normalized spacial score (nSPS) is 23.4. The van der Waals surface area contributed by atoms with Crippen molar-refractivity contribution >= 4 is 33.0 Å². The van der Waals surface area contributed by atoms with Gasteiger partial charge in [0.05, 0.1) is 27.4 Å². The van der Waals surface area contributed by atoms with Gasteiger partial charge in [0.1, 0.15) is 0 Å². The Morgan fingerprint density at radius 2 is 1.63 bits per heavy atom. The van der Waals surface area contributed by atoms with Crippen molar-refractivity contribution in [3.05, 3.63) is 58.4 Å². The minimum atomic E-state index is -3.83. The number of hydrogen-bond donors (Lipinski definition) is 1. The molecular weight excluding hydrogens is 443 g/mol. The van der Waals surface area contributed by atoms with Crippen LogP contribution < -0.4 is 5.32 Å². The summed E-state index contributed by atoms with van der Waals surface area (Å²) in [7, 11) is -3.83. The number of benzene rings is 2. The lowest BCUT2D eigenvalue weighted by Gasteiger charge is -2.28. The lowest BCUT2D eigenvalue weighted by molar-refractivity contribution is 0.00738. The lowest BCUT2D eigenvalue weighted by atomic mass is 10.1. The molecule has 1 amide bonds. The van der Waals surface area contributed by atoms with Crippen LogP contribution in [0.1, 0.15) is 36.0 Å². The Kier molecular flexibility index (Phi) is 5.54. The number of anilines is 1. The minimum Gasteiger partial charge on any atom is -0.375 e. The fourth-order valence-corrected chi connectivity index (χ4v) is 6.30. The highest BCUT2D eigenvalue weighted by Crippen LogP contribution is 2.39. The second-order valence-corrected chi connectivity index (χ2v) is 10.1. The molecule has 2 atom stereocenters. The Hall–Kier alpha value is -2.10. The fourth-order valence-electron chi connectivity index (χ4n) is 3.94. The number of amides is 1. The summed E-state index contributed by atoms with van der Waals surface area (Å²) in [6, 6.07) is 4.97. The zero-order valence-electron chi connectivity index (χ0n) is 15.5. The first-order chi connectivity index (χ1) is 14.1. The van der Waals surface area contributed by atoms with E-state index in [4.69, 9.17) is 16.3 Å². The Labute approximate surface area is 176 Å². The molecule has 2 aromatic rings. The van der Waals surface area contributed by atoms with E-state index in [1.165, 1.54) is 12.1 Å². The Morgan fingerprint density at radius 3 is 2.23 bits per heavy atom. The third kappa shape index (κ3) is 3.93. The van der Waals surface area contributed by atoms with Crippen molar-refractivity contribution in [2.24, 2.45) is 0 Å². The zero-order chi connectivity index (χ0) is 21.6. The lowest BCUT2D eigenvalue weighted by Crippen LogP contribution is -2.34. The Bertz CT molecular complexity index is 1090. The third-order valence-electron chi connectivity index (χ3n) is 5.43. The smallest absolute Gasteiger partial charge is 0.255 e. The quantitative estimate of drug-likeness (QED) is 0.684. The number of rotatable bonds is 4. The number of carbonyl (C=O) groups is 1. The van der Waals surface area contributed by atoms with E-state index in [0.29, 0.717) is 25.0 Å². The largest absolute Gasteiger partial charge is 0.375 e. The first kappa shape index (κ1) is 21.1. The van der Waals surface area contributed by atoms with Crippen LogP contribution in [0.15, 0.2) is 35.2 Å². The van der Waals surface area contributed by atoms with Crippen LogP contribution in [0.3, 0.4) is 0 Å². The van der Waals surface area contributed by atoms with Crippen molar-refractivity contribution in [2.75, 3.05) is 5.32 Å². The minimum absolute atomic E-state index is 0.0238. The van der Waals surface area contributed by atoms with Crippen LogP contribution in [0.25, 0.3) is 0 Å². The van der Waals surface area contributed by atoms with E-state index in [1.807, 2.05) is 0 Å². The van der Waals surface area contributed by atoms with Crippen molar-refractivity contribution in [3.8, 4) is 0 Å². The molecule has 2 fully saturated rings. The van der Waals surface area contributed by atoms with E-state index in [9.17, 15) is 26.4 Å². The van der Waals surface area contributed by atoms with E-state index < -0.39 is 38.4 Å². The van der Waals surface area contributed by atoms with E-state index in [-0.39, 0.29) is 33.4 Å². The molecule has 2 aliphatic heterocycles. The van der Waals surface area contributed by atoms with Gasteiger partial charge in [0.25, 0.3) is 5.91 Å². The Balaban J connectivity index is 1.61. The van der Waals surface area contributed by atoms with Crippen molar-refractivity contribution < 1.29 is 31.1 Å². The van der Waals surface area contributed by atoms with Crippen LogP contribution in [0.4, 0.5) is 18.9 Å². The Morgan fingerprint density at radius 1 is 1.03 bits per heavy atom. The SMILES string of the molecule is O=C(Nc1cc(F)c(F)c(F)c1)c1ccc(Cl)c(S(=O)(=O)C2C[C@@H]3CC[C@@H](C2)O3)c1. The van der Waals surface area contributed by atoms with Crippen LogP contribution in [-0.2, 0) is 14.6 Å². The highest BCUT2D eigenvalue weighted by molar-refractivity contribution is 7.92. The maximum atomic E-state index is 13.4. The predicted octanol–water partition coefficient (Wildman–Crippen LogP) is 4.49. The number of fused-ring (bicyclic) bond motifs is 2. The summed E-state index contributed by atoms with van der Waals surface area (Å²) in [6.07, 6.45) is 2.16. The van der Waals surface area contributed by atoms with Gasteiger partial charge in [-0.1, -0.05) is 11.6 Å². The molecule has 4 rings (SSSR count). The van der Waals surface area contributed by atoms with Crippen LogP contribution >= 0.6 is 11.6 Å². The monoisotopic (exact) mass is 459 g/mol. The van der Waals surface area contributed by atoms with Crippen LogP contribution in [-0.4, -0.2) is 31.8 Å². The number of halogens is 4. The first-order valence-corrected chi connectivity index (χ1v) is 11.2. The van der Waals surface area contributed by atoms with Gasteiger partial charge in [-0.05, 0) is 43.9 Å². The van der Waals surface area contributed by atoms with Crippen molar-refractivity contribution in [1.82, 2.24) is 0 Å². The molecule has 0 aliphatic carbocycles. The maximum Gasteiger partial charge on any atom is 0.255 e. The van der Waals surface area contributed by atoms with Gasteiger partial charge in [-0.15, -0.1) is 0 Å². The van der Waals surface area contributed by atoms with E-state index in [1.54, 1.807) is 0 Å². The number of hydrogen-bond acceptors (Lipinski definition) is 4. The number of ether oxygens (including phenoxy) is 1. The van der Waals surface area contributed by atoms with Crippen LogP contribution in [0.5, 0.6) is 0 Å². The van der Waals surface area contributed by atoms with Gasteiger partial charge in [-0.25, -0.2) is 21.6 Å². The first-order valence-electron chi connectivity index (χ1n) is 9.30. The molecular formula is C20H17ClF3NO4S. The molecule has 30 heavy (non-hydrogen) atoms. The molecule has 0 spiro atoms. The highest BCUT2D eigenvalue weighted by Gasteiger charge is 2.42. The van der Waals surface area contributed by atoms with Gasteiger partial charge >= 0.3 is 0 Å². The van der Waals surface area contributed by atoms with Gasteiger partial charge in [0, 0.05) is 23.4 Å². The van der Waals surface area contributed by atoms with Gasteiger partial charge in [0.2, 0.25) is 0 Å². The summed E-state index contributed by atoms with van der Waals surface area (Å²) < 4.78 is 71.9. The van der Waals surface area contributed by atoms with E-state index in [2.05, 4.69) is 5.32 Å². The molecule has 160 valence electrons. The van der Waals surface area contributed by atoms with Gasteiger partial charge in [-0.3, -0.25) is 4.79 Å². The molecule has 2 aliphatic rings. The molecule has 5 nitrogen and oxygen atoms in total. The molecule has 2 heterocycles. The standard InChI is InChI=1S/C20H17ClF3NO4S/c21-15-4-1-10(20(26)25-11-6-16(22)19(24)17(23)7-11)5-18(15)30(27,28)14-8-12-2-3-13(9-14)29-12/h1,4-7,12-14H,2-3,8-9H2,(H,25,26)/t12-,13-/m0/s1. The molecule has 2 bridgehead atoms. The summed E-state index contributed by atoms with van der Waals surface area (Å²) in [5, 5.41) is 1.53. The second-order valence-electron chi connectivity index (χ2n) is 7.45. The van der Waals surface area contributed by atoms with Gasteiger partial charge in [0.15, 0.2) is 27.3 Å². The topological polar surface area (TPSA) is 72.5 Å². The summed E-state index contributed by atoms with van der Waals surface area (Å²) in [4.78, 5) is 12.3. The zero-order valence-corrected chi connectivity index (χ0v) is 17.1. The highest BCUT2D eigenvalue weighted by atomic mass is 35.5. The van der Waals surface area contributed by atoms with Crippen molar-refractivity contribution in [2.45, 2.75) is 48.0 Å². The maximum absolute atomic E-state index is 13.4.